The summed E-state index contributed by atoms with van der Waals surface area (Å²) in [6.07, 6.45) is -5.92. The number of amides is 1. The van der Waals surface area contributed by atoms with Crippen molar-refractivity contribution in [3.05, 3.63) is 69.3 Å². The average Bonchev–Trinajstić information content (AvgIpc) is 2.60. The Balaban J connectivity index is 2.10. The van der Waals surface area contributed by atoms with Crippen molar-refractivity contribution in [3.8, 4) is 0 Å². The van der Waals surface area contributed by atoms with Gasteiger partial charge in [0.15, 0.2) is 6.10 Å². The maximum atomic E-state index is 12.7. The molecule has 10 heteroatoms. The van der Waals surface area contributed by atoms with E-state index >= 15 is 0 Å². The van der Waals surface area contributed by atoms with Crippen molar-refractivity contribution in [2.45, 2.75) is 26.1 Å². The maximum Gasteiger partial charge on any atom is 0.416 e. The highest BCUT2D eigenvalue weighted by Gasteiger charge is 2.31. The molecule has 0 unspecified atom stereocenters. The van der Waals surface area contributed by atoms with Crippen LogP contribution in [0.25, 0.3) is 0 Å². The molecule has 0 bridgehead atoms. The number of carbonyl (C=O) groups excluding carboxylic acids is 2. The molecule has 2 rings (SSSR count). The van der Waals surface area contributed by atoms with Gasteiger partial charge in [-0.1, -0.05) is 12.1 Å². The number of nitro benzene ring substituents is 1. The van der Waals surface area contributed by atoms with Crippen LogP contribution in [0.4, 0.5) is 24.5 Å². The van der Waals surface area contributed by atoms with Gasteiger partial charge in [-0.05, 0) is 38.1 Å². The van der Waals surface area contributed by atoms with Gasteiger partial charge in [0.05, 0.1) is 16.1 Å². The third kappa shape index (κ3) is 4.84. The minimum absolute atomic E-state index is 0.0722. The predicted molar refractivity (Wildman–Crippen MR) is 92.8 cm³/mol. The van der Waals surface area contributed by atoms with E-state index in [9.17, 15) is 32.9 Å². The molecule has 0 fully saturated rings. The summed E-state index contributed by atoms with van der Waals surface area (Å²) in [5.74, 6) is -1.82. The van der Waals surface area contributed by atoms with Gasteiger partial charge in [0.1, 0.15) is 0 Å². The van der Waals surface area contributed by atoms with Gasteiger partial charge < -0.3 is 10.1 Å². The van der Waals surface area contributed by atoms with Crippen LogP contribution in [0.3, 0.4) is 0 Å². The average molecular weight is 396 g/mol. The fourth-order valence-corrected chi connectivity index (χ4v) is 2.34. The Kier molecular flexibility index (Phi) is 6.02. The molecule has 0 saturated carbocycles. The molecular weight excluding hydrogens is 381 g/mol. The van der Waals surface area contributed by atoms with Gasteiger partial charge in [0.2, 0.25) is 0 Å². The number of anilines is 1. The smallest absolute Gasteiger partial charge is 0.416 e. The molecule has 0 aliphatic rings. The van der Waals surface area contributed by atoms with Crippen molar-refractivity contribution in [1.29, 1.82) is 0 Å². The molecule has 0 spiro atoms. The predicted octanol–water partition coefficient (Wildman–Crippen LogP) is 4.11. The second kappa shape index (κ2) is 8.07. The van der Waals surface area contributed by atoms with Crippen LogP contribution in [0.2, 0.25) is 0 Å². The van der Waals surface area contributed by atoms with Gasteiger partial charge in [-0.25, -0.2) is 4.79 Å². The zero-order valence-corrected chi connectivity index (χ0v) is 14.7. The lowest BCUT2D eigenvalue weighted by Crippen LogP contribution is -2.30. The second-order valence-electron chi connectivity index (χ2n) is 5.82. The first-order chi connectivity index (χ1) is 13.0. The number of hydrogen-bond donors (Lipinski definition) is 1. The summed E-state index contributed by atoms with van der Waals surface area (Å²) in [4.78, 5) is 34.6. The Labute approximate surface area is 157 Å². The van der Waals surface area contributed by atoms with Crippen LogP contribution in [0.15, 0.2) is 42.5 Å². The number of nitro groups is 1. The number of hydrogen-bond acceptors (Lipinski definition) is 5. The number of rotatable bonds is 5. The summed E-state index contributed by atoms with van der Waals surface area (Å²) >= 11 is 0. The molecule has 1 atom stereocenters. The molecule has 0 aliphatic carbocycles. The van der Waals surface area contributed by atoms with Crippen LogP contribution in [-0.2, 0) is 15.7 Å². The zero-order valence-electron chi connectivity index (χ0n) is 14.7. The Hall–Kier alpha value is -3.43. The Bertz CT molecular complexity index is 928. The quantitative estimate of drug-likeness (QED) is 0.466. The van der Waals surface area contributed by atoms with Crippen LogP contribution < -0.4 is 5.32 Å². The zero-order chi connectivity index (χ0) is 21.1. The number of nitrogens with one attached hydrogen (secondary N) is 1. The van der Waals surface area contributed by atoms with E-state index in [1.165, 1.54) is 38.1 Å². The molecule has 0 aliphatic heterocycles. The summed E-state index contributed by atoms with van der Waals surface area (Å²) in [6, 6.07) is 7.81. The van der Waals surface area contributed by atoms with Gasteiger partial charge in [0, 0.05) is 17.3 Å². The van der Waals surface area contributed by atoms with Crippen LogP contribution >= 0.6 is 0 Å². The van der Waals surface area contributed by atoms with Crippen molar-refractivity contribution in [3.63, 3.8) is 0 Å². The highest BCUT2D eigenvalue weighted by Crippen LogP contribution is 2.30. The van der Waals surface area contributed by atoms with E-state index in [1.54, 1.807) is 0 Å². The highest BCUT2D eigenvalue weighted by molar-refractivity contribution is 5.98. The van der Waals surface area contributed by atoms with Gasteiger partial charge in [-0.3, -0.25) is 14.9 Å². The number of ether oxygens (including phenoxy) is 1. The normalized spacial score (nSPS) is 12.2. The standard InChI is InChI=1S/C18H15F3N2O5/c1-10-14(7-4-8-15(10)23(26)27)17(25)28-11(2)16(24)22-13-6-3-5-12(9-13)18(19,20)21/h3-9,11H,1-2H3,(H,22,24)/t11-/m1/s1. The number of esters is 1. The van der Waals surface area contributed by atoms with Crippen LogP contribution in [-0.4, -0.2) is 22.9 Å². The SMILES string of the molecule is Cc1c(C(=O)O[C@H](C)C(=O)Nc2cccc(C(F)(F)F)c2)cccc1[N+](=O)[O-]. The van der Waals surface area contributed by atoms with Crippen molar-refractivity contribution in [1.82, 2.24) is 0 Å². The van der Waals surface area contributed by atoms with Crippen LogP contribution in [0.1, 0.15) is 28.4 Å². The Morgan fingerprint density at radius 3 is 2.43 bits per heavy atom. The molecule has 2 aromatic rings. The Morgan fingerprint density at radius 2 is 1.82 bits per heavy atom. The third-order valence-electron chi connectivity index (χ3n) is 3.83. The molecule has 1 N–H and O–H groups in total. The summed E-state index contributed by atoms with van der Waals surface area (Å²) in [6.45, 7) is 2.59. The largest absolute Gasteiger partial charge is 0.449 e. The van der Waals surface area contributed by atoms with Crippen molar-refractivity contribution in [2.75, 3.05) is 5.32 Å². The molecule has 2 aromatic carbocycles. The van der Waals surface area contributed by atoms with E-state index < -0.39 is 34.6 Å². The molecule has 148 valence electrons. The van der Waals surface area contributed by atoms with Gasteiger partial charge in [0.25, 0.3) is 11.6 Å². The maximum absolute atomic E-state index is 12.7. The molecule has 0 aromatic heterocycles. The van der Waals surface area contributed by atoms with Gasteiger partial charge in [-0.15, -0.1) is 0 Å². The van der Waals surface area contributed by atoms with Crippen molar-refractivity contribution < 1.29 is 32.4 Å². The lowest BCUT2D eigenvalue weighted by Gasteiger charge is -2.15. The number of carbonyl (C=O) groups is 2. The lowest BCUT2D eigenvalue weighted by molar-refractivity contribution is -0.385. The monoisotopic (exact) mass is 396 g/mol. The van der Waals surface area contributed by atoms with Gasteiger partial charge >= 0.3 is 12.1 Å². The molecular formula is C18H15F3N2O5. The molecule has 0 heterocycles. The molecule has 0 saturated heterocycles. The molecule has 0 radical (unpaired) electrons. The van der Waals surface area contributed by atoms with Crippen molar-refractivity contribution >= 4 is 23.3 Å². The first kappa shape index (κ1) is 20.9. The van der Waals surface area contributed by atoms with E-state index in [-0.39, 0.29) is 22.5 Å². The molecule has 28 heavy (non-hydrogen) atoms. The van der Waals surface area contributed by atoms with E-state index in [1.807, 2.05) is 0 Å². The minimum Gasteiger partial charge on any atom is -0.449 e. The van der Waals surface area contributed by atoms with E-state index in [0.717, 1.165) is 18.2 Å². The van der Waals surface area contributed by atoms with E-state index in [2.05, 4.69) is 5.32 Å². The van der Waals surface area contributed by atoms with E-state index in [0.29, 0.717) is 0 Å². The van der Waals surface area contributed by atoms with Gasteiger partial charge in [-0.2, -0.15) is 13.2 Å². The van der Waals surface area contributed by atoms with Crippen LogP contribution in [0, 0.1) is 17.0 Å². The number of alkyl halides is 3. The third-order valence-corrected chi connectivity index (χ3v) is 3.83. The first-order valence-corrected chi connectivity index (χ1v) is 7.94. The molecule has 7 nitrogen and oxygen atoms in total. The number of halogens is 3. The second-order valence-corrected chi connectivity index (χ2v) is 5.82. The molecule has 1 amide bonds. The minimum atomic E-state index is -4.57. The number of nitrogens with zero attached hydrogens (tertiary/aromatic N) is 1. The van der Waals surface area contributed by atoms with Crippen LogP contribution in [0.5, 0.6) is 0 Å². The fourth-order valence-electron chi connectivity index (χ4n) is 2.34. The van der Waals surface area contributed by atoms with E-state index in [4.69, 9.17) is 4.74 Å². The summed E-state index contributed by atoms with van der Waals surface area (Å²) in [5, 5.41) is 13.2. The topological polar surface area (TPSA) is 98.5 Å². The summed E-state index contributed by atoms with van der Waals surface area (Å²) in [5.41, 5.74) is -1.36. The first-order valence-electron chi connectivity index (χ1n) is 7.94. The Morgan fingerprint density at radius 1 is 1.18 bits per heavy atom. The fraction of sp³-hybridized carbons (Fsp3) is 0.222. The highest BCUT2D eigenvalue weighted by atomic mass is 19.4. The summed E-state index contributed by atoms with van der Waals surface area (Å²) < 4.78 is 43.2. The summed E-state index contributed by atoms with van der Waals surface area (Å²) in [7, 11) is 0. The number of benzene rings is 2. The van der Waals surface area contributed by atoms with Crippen molar-refractivity contribution in [2.24, 2.45) is 0 Å². The lowest BCUT2D eigenvalue weighted by atomic mass is 10.1.